The Morgan fingerprint density at radius 3 is 3.03 bits per heavy atom. The molecule has 2 aromatic rings. The Bertz CT molecular complexity index is 920. The highest BCUT2D eigenvalue weighted by Gasteiger charge is 2.35. The maximum atomic E-state index is 11.4. The first-order chi connectivity index (χ1) is 14.5. The number of rotatable bonds is 6. The Kier molecular flexibility index (Phi) is 7.33. The number of hydrogen-bond acceptors (Lipinski definition) is 7. The average molecular weight is 485 g/mol. The van der Waals surface area contributed by atoms with Crippen LogP contribution >= 0.6 is 46.9 Å². The molecule has 1 fully saturated rings. The van der Waals surface area contributed by atoms with Gasteiger partial charge in [0.2, 0.25) is 5.91 Å². The van der Waals surface area contributed by atoms with Crippen molar-refractivity contribution in [1.29, 1.82) is 0 Å². The lowest BCUT2D eigenvalue weighted by molar-refractivity contribution is -0.117. The smallest absolute Gasteiger partial charge is 0.226 e. The minimum atomic E-state index is -0.0637. The predicted octanol–water partition coefficient (Wildman–Crippen LogP) is 4.27. The number of nitrogens with one attached hydrogen (secondary N) is 1. The van der Waals surface area contributed by atoms with Gasteiger partial charge in [0.05, 0.1) is 28.4 Å². The second kappa shape index (κ2) is 9.97. The molecule has 0 bridgehead atoms. The highest BCUT2D eigenvalue weighted by atomic mass is 35.5. The molecule has 6 nitrogen and oxygen atoms in total. The SMILES string of the molecule is CC(=O)NS[C@@H]1Sc2ncccc2N1CC1CN(Cc2ccc(Cl)c(Cl)c2)CCO1. The molecule has 2 aliphatic rings. The molecule has 0 spiro atoms. The summed E-state index contributed by atoms with van der Waals surface area (Å²) in [5, 5.41) is 2.13. The molecule has 4 rings (SSSR count). The first-order valence-electron chi connectivity index (χ1n) is 9.58. The quantitative estimate of drug-likeness (QED) is 0.614. The molecule has 0 radical (unpaired) electrons. The summed E-state index contributed by atoms with van der Waals surface area (Å²) in [7, 11) is 0. The molecule has 10 heteroatoms. The van der Waals surface area contributed by atoms with Gasteiger partial charge in [0, 0.05) is 39.3 Å². The van der Waals surface area contributed by atoms with E-state index in [0.717, 1.165) is 42.5 Å². The first-order valence-corrected chi connectivity index (χ1v) is 12.1. The lowest BCUT2D eigenvalue weighted by Gasteiger charge is -2.36. The van der Waals surface area contributed by atoms with Gasteiger partial charge in [-0.2, -0.15) is 0 Å². The van der Waals surface area contributed by atoms with E-state index in [-0.39, 0.29) is 16.7 Å². The summed E-state index contributed by atoms with van der Waals surface area (Å²) in [6, 6.07) is 9.79. The summed E-state index contributed by atoms with van der Waals surface area (Å²) in [5.74, 6) is -0.0637. The number of nitrogens with zero attached hydrogens (tertiary/aromatic N) is 3. The molecular weight excluding hydrogens is 463 g/mol. The van der Waals surface area contributed by atoms with E-state index >= 15 is 0 Å². The molecule has 3 heterocycles. The van der Waals surface area contributed by atoms with Crippen LogP contribution in [0.4, 0.5) is 5.69 Å². The molecule has 1 unspecified atom stereocenters. The summed E-state index contributed by atoms with van der Waals surface area (Å²) < 4.78 is 8.96. The number of carbonyl (C=O) groups is 1. The van der Waals surface area contributed by atoms with E-state index in [1.54, 1.807) is 18.0 Å². The average Bonchev–Trinajstić information content (AvgIpc) is 3.07. The number of morpholine rings is 1. The molecule has 1 amide bonds. The molecule has 0 aliphatic carbocycles. The van der Waals surface area contributed by atoms with Gasteiger partial charge in [0.25, 0.3) is 0 Å². The zero-order valence-electron chi connectivity index (χ0n) is 16.4. The van der Waals surface area contributed by atoms with E-state index in [0.29, 0.717) is 16.7 Å². The highest BCUT2D eigenvalue weighted by molar-refractivity contribution is 8.16. The van der Waals surface area contributed by atoms with Crippen molar-refractivity contribution in [2.24, 2.45) is 0 Å². The standard InChI is InChI=1S/C20H22Cl2N4O2S2/c1-13(27)24-30-20-26(18-3-2-6-23-19(18)29-20)12-15-11-25(7-8-28-15)10-14-4-5-16(21)17(22)9-14/h2-6,9,15,20H,7-8,10-12H2,1H3,(H,24,27)/t15?,20-/m0/s1. The molecule has 0 saturated carbocycles. The molecular formula is C20H22Cl2N4O2S2. The van der Waals surface area contributed by atoms with Gasteiger partial charge in [0.1, 0.15) is 9.73 Å². The maximum absolute atomic E-state index is 11.4. The number of anilines is 1. The van der Waals surface area contributed by atoms with Crippen molar-refractivity contribution in [3.63, 3.8) is 0 Å². The van der Waals surface area contributed by atoms with Gasteiger partial charge in [-0.25, -0.2) is 4.98 Å². The summed E-state index contributed by atoms with van der Waals surface area (Å²) in [6.45, 7) is 5.40. The molecule has 1 saturated heterocycles. The van der Waals surface area contributed by atoms with Crippen LogP contribution in [0.25, 0.3) is 0 Å². The fourth-order valence-electron chi connectivity index (χ4n) is 3.52. The van der Waals surface area contributed by atoms with Crippen LogP contribution in [0.15, 0.2) is 41.6 Å². The maximum Gasteiger partial charge on any atom is 0.226 e. The van der Waals surface area contributed by atoms with Crippen LogP contribution in [0.5, 0.6) is 0 Å². The molecule has 1 aromatic carbocycles. The number of ether oxygens (including phenoxy) is 1. The van der Waals surface area contributed by atoms with Crippen molar-refractivity contribution in [2.75, 3.05) is 31.1 Å². The number of hydrogen-bond donors (Lipinski definition) is 1. The number of halogens is 2. The fraction of sp³-hybridized carbons (Fsp3) is 0.400. The second-order valence-electron chi connectivity index (χ2n) is 7.16. The third kappa shape index (κ3) is 5.36. The Morgan fingerprint density at radius 2 is 2.23 bits per heavy atom. The normalized spacial score (nSPS) is 21.5. The van der Waals surface area contributed by atoms with Crippen molar-refractivity contribution in [1.82, 2.24) is 14.6 Å². The molecule has 160 valence electrons. The third-order valence-corrected chi connectivity index (χ3v) is 8.02. The number of fused-ring (bicyclic) bond motifs is 1. The second-order valence-corrected chi connectivity index (χ2v) is 10.2. The van der Waals surface area contributed by atoms with Crippen molar-refractivity contribution in [2.45, 2.75) is 29.3 Å². The van der Waals surface area contributed by atoms with Crippen LogP contribution in [0, 0.1) is 0 Å². The van der Waals surface area contributed by atoms with Crippen molar-refractivity contribution >= 4 is 58.5 Å². The van der Waals surface area contributed by atoms with Gasteiger partial charge >= 0.3 is 0 Å². The molecule has 1 aromatic heterocycles. The Morgan fingerprint density at radius 1 is 1.37 bits per heavy atom. The van der Waals surface area contributed by atoms with Crippen molar-refractivity contribution in [3.05, 3.63) is 52.1 Å². The lowest BCUT2D eigenvalue weighted by atomic mass is 10.2. The van der Waals surface area contributed by atoms with Crippen molar-refractivity contribution < 1.29 is 9.53 Å². The summed E-state index contributed by atoms with van der Waals surface area (Å²) >= 11 is 15.3. The lowest BCUT2D eigenvalue weighted by Crippen LogP contribution is -2.48. The van der Waals surface area contributed by atoms with E-state index in [1.165, 1.54) is 18.9 Å². The van der Waals surface area contributed by atoms with E-state index in [2.05, 4.69) is 25.6 Å². The predicted molar refractivity (Wildman–Crippen MR) is 124 cm³/mol. The molecule has 2 atom stereocenters. The Hall–Kier alpha value is -1.16. The fourth-order valence-corrected chi connectivity index (χ4v) is 5.99. The zero-order valence-corrected chi connectivity index (χ0v) is 19.5. The number of pyridine rings is 1. The number of amides is 1. The molecule has 1 N–H and O–H groups in total. The van der Waals surface area contributed by atoms with Crippen LogP contribution < -0.4 is 9.62 Å². The summed E-state index contributed by atoms with van der Waals surface area (Å²) in [4.78, 5) is 20.5. The van der Waals surface area contributed by atoms with Gasteiger partial charge in [-0.3, -0.25) is 14.4 Å². The van der Waals surface area contributed by atoms with E-state index < -0.39 is 0 Å². The van der Waals surface area contributed by atoms with E-state index in [9.17, 15) is 4.79 Å². The zero-order chi connectivity index (χ0) is 21.1. The number of thioether (sulfide) groups is 1. The Balaban J connectivity index is 1.42. The number of aromatic nitrogens is 1. The van der Waals surface area contributed by atoms with Gasteiger partial charge in [-0.05, 0) is 41.8 Å². The molecule has 2 aliphatic heterocycles. The van der Waals surface area contributed by atoms with E-state index in [4.69, 9.17) is 27.9 Å². The van der Waals surface area contributed by atoms with E-state index in [1.807, 2.05) is 24.3 Å². The van der Waals surface area contributed by atoms with Gasteiger partial charge in [-0.1, -0.05) is 41.0 Å². The van der Waals surface area contributed by atoms with Gasteiger partial charge in [0.15, 0.2) is 0 Å². The monoisotopic (exact) mass is 484 g/mol. The minimum absolute atomic E-state index is 0.0212. The largest absolute Gasteiger partial charge is 0.374 e. The van der Waals surface area contributed by atoms with Crippen LogP contribution in [0.2, 0.25) is 10.0 Å². The van der Waals surface area contributed by atoms with Crippen molar-refractivity contribution in [3.8, 4) is 0 Å². The molecule has 30 heavy (non-hydrogen) atoms. The summed E-state index contributed by atoms with van der Waals surface area (Å²) in [6.07, 6.45) is 1.85. The number of carbonyl (C=O) groups excluding carboxylic acids is 1. The summed E-state index contributed by atoms with van der Waals surface area (Å²) in [5.41, 5.74) is 2.21. The topological polar surface area (TPSA) is 57.7 Å². The van der Waals surface area contributed by atoms with Gasteiger partial charge in [-0.15, -0.1) is 0 Å². The number of benzene rings is 1. The van der Waals surface area contributed by atoms with Crippen LogP contribution in [-0.2, 0) is 16.1 Å². The van der Waals surface area contributed by atoms with Crippen LogP contribution in [0.3, 0.4) is 0 Å². The van der Waals surface area contributed by atoms with Crippen LogP contribution in [0.1, 0.15) is 12.5 Å². The van der Waals surface area contributed by atoms with Gasteiger partial charge < -0.3 is 9.64 Å². The Labute approximate surface area is 194 Å². The van der Waals surface area contributed by atoms with Crippen LogP contribution in [-0.4, -0.2) is 52.8 Å². The highest BCUT2D eigenvalue weighted by Crippen LogP contribution is 2.45. The third-order valence-electron chi connectivity index (χ3n) is 4.84. The minimum Gasteiger partial charge on any atom is -0.374 e. The first kappa shape index (κ1) is 22.0.